The molecule has 1 fully saturated rings. The number of halogens is 4. The molecule has 0 saturated carbocycles. The third kappa shape index (κ3) is 7.58. The van der Waals surface area contributed by atoms with Crippen LogP contribution in [0.25, 0.3) is 5.69 Å². The quantitative estimate of drug-likeness (QED) is 0.290. The van der Waals surface area contributed by atoms with E-state index >= 15 is 0 Å². The number of urea groups is 1. The molecular weight excluding hydrogens is 532 g/mol. The molecular formula is C27H28F4N6O3. The first kappa shape index (κ1) is 28.6. The molecule has 13 heteroatoms. The molecule has 4 amide bonds. The van der Waals surface area contributed by atoms with Crippen molar-refractivity contribution in [2.45, 2.75) is 31.5 Å². The number of rotatable bonds is 8. The first-order valence-electron chi connectivity index (χ1n) is 12.7. The highest BCUT2D eigenvalue weighted by molar-refractivity contribution is 5.95. The third-order valence-corrected chi connectivity index (χ3v) is 6.36. The minimum atomic E-state index is -4.83. The zero-order chi connectivity index (χ0) is 28.7. The minimum absolute atomic E-state index is 0.00703. The van der Waals surface area contributed by atoms with E-state index in [4.69, 9.17) is 0 Å². The number of hydrogen-bond donors (Lipinski definition) is 3. The van der Waals surface area contributed by atoms with Gasteiger partial charge >= 0.3 is 12.2 Å². The number of aromatic nitrogens is 2. The molecule has 0 spiro atoms. The SMILES string of the molecule is O=C(Cc1ccc(F)cc1)NC1CCN(C(=O)NCCNC(=O)c2cn(-c3ccccc3)nc2C(F)(F)F)CC1. The average Bonchev–Trinajstić information content (AvgIpc) is 3.40. The number of para-hydroxylation sites is 1. The Balaban J connectivity index is 1.20. The first-order chi connectivity index (χ1) is 19.1. The molecule has 4 rings (SSSR count). The van der Waals surface area contributed by atoms with Crippen molar-refractivity contribution in [2.24, 2.45) is 0 Å². The number of nitrogens with one attached hydrogen (secondary N) is 3. The van der Waals surface area contributed by atoms with Gasteiger partial charge in [-0.15, -0.1) is 0 Å². The van der Waals surface area contributed by atoms with Gasteiger partial charge in [0.25, 0.3) is 5.91 Å². The average molecular weight is 561 g/mol. The van der Waals surface area contributed by atoms with Gasteiger partial charge in [-0.05, 0) is 42.7 Å². The summed E-state index contributed by atoms with van der Waals surface area (Å²) in [7, 11) is 0. The molecule has 0 aliphatic carbocycles. The van der Waals surface area contributed by atoms with Crippen molar-refractivity contribution in [1.29, 1.82) is 0 Å². The Morgan fingerprint density at radius 2 is 1.57 bits per heavy atom. The number of amides is 4. The summed E-state index contributed by atoms with van der Waals surface area (Å²) < 4.78 is 54.5. The molecule has 0 bridgehead atoms. The Hall–Kier alpha value is -4.42. The predicted molar refractivity (Wildman–Crippen MR) is 137 cm³/mol. The lowest BCUT2D eigenvalue weighted by atomic mass is 10.0. The number of hydrogen-bond acceptors (Lipinski definition) is 4. The largest absolute Gasteiger partial charge is 0.435 e. The maximum absolute atomic E-state index is 13.5. The van der Waals surface area contributed by atoms with E-state index in [9.17, 15) is 31.9 Å². The zero-order valence-corrected chi connectivity index (χ0v) is 21.4. The molecule has 1 aliphatic heterocycles. The van der Waals surface area contributed by atoms with Gasteiger partial charge in [0.15, 0.2) is 5.69 Å². The van der Waals surface area contributed by atoms with Crippen molar-refractivity contribution >= 4 is 17.8 Å². The Labute approximate surface area is 227 Å². The van der Waals surface area contributed by atoms with Crippen LogP contribution in [0.15, 0.2) is 60.8 Å². The van der Waals surface area contributed by atoms with Gasteiger partial charge < -0.3 is 20.9 Å². The molecule has 212 valence electrons. The second-order valence-corrected chi connectivity index (χ2v) is 9.29. The van der Waals surface area contributed by atoms with E-state index in [-0.39, 0.29) is 43.3 Å². The van der Waals surface area contributed by atoms with Crippen molar-refractivity contribution in [1.82, 2.24) is 30.6 Å². The summed E-state index contributed by atoms with van der Waals surface area (Å²) in [6.07, 6.45) is -2.58. The second kappa shape index (κ2) is 12.6. The van der Waals surface area contributed by atoms with Crippen LogP contribution in [0.4, 0.5) is 22.4 Å². The lowest BCUT2D eigenvalue weighted by molar-refractivity contribution is -0.141. The van der Waals surface area contributed by atoms with Crippen LogP contribution < -0.4 is 16.0 Å². The summed E-state index contributed by atoms with van der Waals surface area (Å²) in [5.41, 5.74) is -0.852. The Morgan fingerprint density at radius 1 is 0.925 bits per heavy atom. The Kier molecular flexibility index (Phi) is 9.02. The Morgan fingerprint density at radius 3 is 2.23 bits per heavy atom. The van der Waals surface area contributed by atoms with E-state index in [0.29, 0.717) is 37.2 Å². The van der Waals surface area contributed by atoms with Crippen LogP contribution in [0.1, 0.15) is 34.5 Å². The van der Waals surface area contributed by atoms with Crippen LogP contribution in [-0.4, -0.2) is 64.7 Å². The van der Waals surface area contributed by atoms with Gasteiger partial charge in [-0.3, -0.25) is 9.59 Å². The number of nitrogens with zero attached hydrogens (tertiary/aromatic N) is 3. The summed E-state index contributed by atoms with van der Waals surface area (Å²) in [5.74, 6) is -1.52. The first-order valence-corrected chi connectivity index (χ1v) is 12.7. The van der Waals surface area contributed by atoms with Gasteiger partial charge in [0.2, 0.25) is 5.91 Å². The fourth-order valence-corrected chi connectivity index (χ4v) is 4.31. The van der Waals surface area contributed by atoms with Crippen LogP contribution >= 0.6 is 0 Å². The van der Waals surface area contributed by atoms with Crippen LogP contribution in [-0.2, 0) is 17.4 Å². The van der Waals surface area contributed by atoms with E-state index in [0.717, 1.165) is 10.9 Å². The fraction of sp³-hybridized carbons (Fsp3) is 0.333. The highest BCUT2D eigenvalue weighted by Gasteiger charge is 2.39. The molecule has 0 unspecified atom stereocenters. The summed E-state index contributed by atoms with van der Waals surface area (Å²) in [4.78, 5) is 38.8. The summed E-state index contributed by atoms with van der Waals surface area (Å²) >= 11 is 0. The molecule has 1 aliphatic rings. The van der Waals surface area contributed by atoms with E-state index < -0.39 is 23.3 Å². The van der Waals surface area contributed by atoms with Crippen molar-refractivity contribution < 1.29 is 31.9 Å². The normalized spacial score (nSPS) is 14.1. The minimum Gasteiger partial charge on any atom is -0.353 e. The molecule has 0 radical (unpaired) electrons. The third-order valence-electron chi connectivity index (χ3n) is 6.36. The number of piperidine rings is 1. The molecule has 0 atom stereocenters. The van der Waals surface area contributed by atoms with Crippen molar-refractivity contribution in [3.05, 3.63) is 83.4 Å². The molecule has 2 heterocycles. The second-order valence-electron chi connectivity index (χ2n) is 9.29. The Bertz CT molecular complexity index is 1320. The van der Waals surface area contributed by atoms with Crippen LogP contribution in [0.3, 0.4) is 0 Å². The topological polar surface area (TPSA) is 108 Å². The predicted octanol–water partition coefficient (Wildman–Crippen LogP) is 3.29. The maximum Gasteiger partial charge on any atom is 0.435 e. The smallest absolute Gasteiger partial charge is 0.353 e. The molecule has 3 aromatic rings. The van der Waals surface area contributed by atoms with E-state index in [1.807, 2.05) is 0 Å². The van der Waals surface area contributed by atoms with Gasteiger partial charge in [-0.25, -0.2) is 13.9 Å². The fourth-order valence-electron chi connectivity index (χ4n) is 4.31. The lowest BCUT2D eigenvalue weighted by Gasteiger charge is -2.32. The van der Waals surface area contributed by atoms with E-state index in [1.165, 1.54) is 12.1 Å². The van der Waals surface area contributed by atoms with Gasteiger partial charge in [-0.2, -0.15) is 18.3 Å². The van der Waals surface area contributed by atoms with Gasteiger partial charge in [0.1, 0.15) is 5.82 Å². The van der Waals surface area contributed by atoms with Crippen LogP contribution in [0.5, 0.6) is 0 Å². The van der Waals surface area contributed by atoms with Crippen LogP contribution in [0.2, 0.25) is 0 Å². The maximum atomic E-state index is 13.5. The number of benzene rings is 2. The lowest BCUT2D eigenvalue weighted by Crippen LogP contribution is -2.50. The van der Waals surface area contributed by atoms with E-state index in [1.54, 1.807) is 47.4 Å². The number of carbonyl (C=O) groups is 3. The van der Waals surface area contributed by atoms with Crippen molar-refractivity contribution in [3.8, 4) is 5.69 Å². The number of alkyl halides is 3. The van der Waals surface area contributed by atoms with Crippen molar-refractivity contribution in [2.75, 3.05) is 26.2 Å². The summed E-state index contributed by atoms with van der Waals surface area (Å²) in [5, 5.41) is 11.5. The molecule has 9 nitrogen and oxygen atoms in total. The van der Waals surface area contributed by atoms with Gasteiger partial charge in [0, 0.05) is 38.4 Å². The van der Waals surface area contributed by atoms with Crippen LogP contribution in [0, 0.1) is 5.82 Å². The monoisotopic (exact) mass is 560 g/mol. The van der Waals surface area contributed by atoms with E-state index in [2.05, 4.69) is 21.0 Å². The highest BCUT2D eigenvalue weighted by Crippen LogP contribution is 2.31. The molecule has 2 aromatic carbocycles. The highest BCUT2D eigenvalue weighted by atomic mass is 19.4. The molecule has 1 saturated heterocycles. The summed E-state index contributed by atoms with van der Waals surface area (Å²) in [6, 6.07) is 13.3. The number of carbonyl (C=O) groups excluding carboxylic acids is 3. The molecule has 40 heavy (non-hydrogen) atoms. The zero-order valence-electron chi connectivity index (χ0n) is 21.4. The van der Waals surface area contributed by atoms with Gasteiger partial charge in [0.05, 0.1) is 17.7 Å². The van der Waals surface area contributed by atoms with Gasteiger partial charge in [-0.1, -0.05) is 30.3 Å². The molecule has 3 N–H and O–H groups in total. The number of likely N-dealkylation sites (tertiary alicyclic amines) is 1. The molecule has 1 aromatic heterocycles. The summed E-state index contributed by atoms with van der Waals surface area (Å²) in [6.45, 7) is 0.710. The van der Waals surface area contributed by atoms with Crippen molar-refractivity contribution in [3.63, 3.8) is 0 Å². The standard InChI is InChI=1S/C27H28F4N6O3/c28-19-8-6-18(7-9-19)16-23(38)34-20-10-14-36(15-11-20)26(40)33-13-12-32-25(39)22-17-37(21-4-2-1-3-5-21)35-24(22)27(29,30)31/h1-9,17,20H,10-16H2,(H,32,39)(H,33,40)(H,34,38).